The molecule has 8 nitrogen and oxygen atoms in total. The number of benzene rings is 2. The molecule has 1 fully saturated rings. The van der Waals surface area contributed by atoms with E-state index < -0.39 is 17.7 Å². The summed E-state index contributed by atoms with van der Waals surface area (Å²) in [5, 5.41) is 6.87. The van der Waals surface area contributed by atoms with Crippen LogP contribution >= 0.6 is 11.8 Å². The van der Waals surface area contributed by atoms with Crippen molar-refractivity contribution in [2.45, 2.75) is 84.4 Å². The fourth-order valence-electron chi connectivity index (χ4n) is 5.25. The van der Waals surface area contributed by atoms with Crippen molar-refractivity contribution in [2.75, 3.05) is 20.2 Å². The molecule has 0 spiro atoms. The third-order valence-electron chi connectivity index (χ3n) is 8.12. The Morgan fingerprint density at radius 1 is 1.09 bits per heavy atom. The normalized spacial score (nSPS) is 18.8. The molecule has 2 aliphatic heterocycles. The van der Waals surface area contributed by atoms with Gasteiger partial charge < -0.3 is 20.3 Å². The lowest BCUT2D eigenvalue weighted by molar-refractivity contribution is -0.192. The van der Waals surface area contributed by atoms with Crippen molar-refractivity contribution >= 4 is 35.0 Å². The van der Waals surface area contributed by atoms with Gasteiger partial charge in [0.2, 0.25) is 0 Å². The molecule has 2 aliphatic rings. The van der Waals surface area contributed by atoms with Gasteiger partial charge in [0, 0.05) is 7.05 Å². The number of carbonyl (C=O) groups excluding carboxylic acids is 2. The number of hydrogen-bond acceptors (Lipinski definition) is 7. The summed E-state index contributed by atoms with van der Waals surface area (Å²) in [6.07, 6.45) is 4.39. The number of carboxylic acid groups (broad SMARTS) is 1. The minimum absolute atomic E-state index is 0.251. The van der Waals surface area contributed by atoms with E-state index in [0.29, 0.717) is 11.5 Å². The topological polar surface area (TPSA) is 119 Å². The Bertz CT molecular complexity index is 1440. The fraction of sp³-hybridized carbons (Fsp3) is 0.485. The highest BCUT2D eigenvalue weighted by atomic mass is 32.2. The third kappa shape index (κ3) is 9.26. The Morgan fingerprint density at radius 2 is 1.71 bits per heavy atom. The Balaban J connectivity index is 0.000000707. The van der Waals surface area contributed by atoms with Crippen molar-refractivity contribution in [1.82, 2.24) is 4.90 Å². The van der Waals surface area contributed by atoms with Crippen LogP contribution < -0.4 is 15.2 Å². The molecule has 2 amide bonds. The van der Waals surface area contributed by atoms with E-state index in [1.165, 1.54) is 54.1 Å². The lowest BCUT2D eigenvalue weighted by Gasteiger charge is -2.38. The van der Waals surface area contributed by atoms with Crippen LogP contribution in [0.3, 0.4) is 0 Å². The number of nitrogens with zero attached hydrogens (tertiary/aromatic N) is 1. The number of carboxylic acids is 1. The first kappa shape index (κ1) is 36.0. The zero-order valence-electron chi connectivity index (χ0n) is 26.3. The quantitative estimate of drug-likeness (QED) is 0.206. The number of rotatable bonds is 10. The van der Waals surface area contributed by atoms with E-state index in [1.807, 2.05) is 24.3 Å². The molecule has 3 N–H and O–H groups in total. The van der Waals surface area contributed by atoms with E-state index in [4.69, 9.17) is 25.1 Å². The molecule has 1 saturated heterocycles. The second kappa shape index (κ2) is 15.2. The summed E-state index contributed by atoms with van der Waals surface area (Å²) < 4.78 is 44.6. The van der Waals surface area contributed by atoms with Gasteiger partial charge in [0.05, 0.1) is 4.91 Å². The van der Waals surface area contributed by atoms with E-state index >= 15 is 0 Å². The van der Waals surface area contributed by atoms with Gasteiger partial charge in [0.15, 0.2) is 0 Å². The average molecular weight is 651 g/mol. The summed E-state index contributed by atoms with van der Waals surface area (Å²) in [6.45, 7) is 10.0. The van der Waals surface area contributed by atoms with Crippen LogP contribution in [0.1, 0.15) is 72.4 Å². The van der Waals surface area contributed by atoms with Crippen molar-refractivity contribution in [3.8, 4) is 11.5 Å². The minimum Gasteiger partial charge on any atom is -0.489 e. The molecule has 45 heavy (non-hydrogen) atoms. The van der Waals surface area contributed by atoms with Crippen LogP contribution in [-0.2, 0) is 22.4 Å². The highest BCUT2D eigenvalue weighted by Crippen LogP contribution is 2.41. The van der Waals surface area contributed by atoms with Gasteiger partial charge >= 0.3 is 12.1 Å². The maximum Gasteiger partial charge on any atom is 0.490 e. The summed E-state index contributed by atoms with van der Waals surface area (Å²) >= 11 is 0.961. The van der Waals surface area contributed by atoms with Crippen molar-refractivity contribution < 1.29 is 42.1 Å². The number of halogens is 3. The van der Waals surface area contributed by atoms with E-state index in [9.17, 15) is 22.8 Å². The van der Waals surface area contributed by atoms with Crippen molar-refractivity contribution in [3.63, 3.8) is 0 Å². The second-order valence-electron chi connectivity index (χ2n) is 11.6. The first-order chi connectivity index (χ1) is 21.1. The molecule has 0 radical (unpaired) electrons. The van der Waals surface area contributed by atoms with Gasteiger partial charge in [0.25, 0.3) is 11.1 Å². The number of ether oxygens (including phenoxy) is 2. The fourth-order valence-corrected chi connectivity index (χ4v) is 6.08. The number of fused-ring (bicyclic) bond motifs is 1. The molecule has 0 aromatic heterocycles. The molecule has 1 unspecified atom stereocenters. The first-order valence-electron chi connectivity index (χ1n) is 14.8. The molecule has 246 valence electrons. The molecule has 12 heteroatoms. The maximum atomic E-state index is 12.1. The first-order valence-corrected chi connectivity index (χ1v) is 15.6. The van der Waals surface area contributed by atoms with E-state index in [-0.39, 0.29) is 11.1 Å². The van der Waals surface area contributed by atoms with Crippen LogP contribution in [0.5, 0.6) is 11.5 Å². The van der Waals surface area contributed by atoms with Crippen LogP contribution in [0.2, 0.25) is 0 Å². The largest absolute Gasteiger partial charge is 0.490 e. The molecule has 2 aromatic rings. The third-order valence-corrected chi connectivity index (χ3v) is 9.08. The number of alkyl halides is 3. The summed E-state index contributed by atoms with van der Waals surface area (Å²) in [4.78, 5) is 34.3. The number of thioether (sulfide) groups is 1. The van der Waals surface area contributed by atoms with Crippen LogP contribution in [0.25, 0.3) is 6.08 Å². The molecule has 4 rings (SSSR count). The second-order valence-corrected chi connectivity index (χ2v) is 12.6. The smallest absolute Gasteiger partial charge is 0.489 e. The lowest BCUT2D eigenvalue weighted by Crippen LogP contribution is -2.42. The van der Waals surface area contributed by atoms with Crippen LogP contribution in [0.15, 0.2) is 29.2 Å². The van der Waals surface area contributed by atoms with Crippen LogP contribution in [0, 0.1) is 20.8 Å². The molecular formula is C33H41F3N2O6S. The van der Waals surface area contributed by atoms with Gasteiger partial charge in [-0.1, -0.05) is 25.0 Å². The molecule has 2 aromatic carbocycles. The van der Waals surface area contributed by atoms with E-state index in [2.05, 4.69) is 27.7 Å². The number of unbranched alkanes of at least 4 members (excludes halogenated alkanes) is 3. The zero-order chi connectivity index (χ0) is 33.5. The van der Waals surface area contributed by atoms with E-state index in [1.54, 1.807) is 6.08 Å². The van der Waals surface area contributed by atoms with Gasteiger partial charge in [-0.3, -0.25) is 14.5 Å². The molecular weight excluding hydrogens is 609 g/mol. The van der Waals surface area contributed by atoms with Crippen molar-refractivity contribution in [2.24, 2.45) is 5.73 Å². The SMILES string of the molecule is Cc1c(C)c2c(c(C)c1CCCCCCN)CCC(C)(COc1ccc(C=C3SC(=O)N(C)C3=O)cc1)O2.O=C(O)C(F)(F)F. The van der Waals surface area contributed by atoms with Gasteiger partial charge in [-0.2, -0.15) is 13.2 Å². The highest BCUT2D eigenvalue weighted by Gasteiger charge is 2.38. The minimum atomic E-state index is -5.08. The van der Waals surface area contributed by atoms with Gasteiger partial charge in [-0.05, 0) is 130 Å². The highest BCUT2D eigenvalue weighted by molar-refractivity contribution is 8.18. The number of amides is 2. The molecule has 0 saturated carbocycles. The van der Waals surface area contributed by atoms with Gasteiger partial charge in [-0.25, -0.2) is 4.79 Å². The van der Waals surface area contributed by atoms with Gasteiger partial charge in [-0.15, -0.1) is 0 Å². The molecule has 0 bridgehead atoms. The Morgan fingerprint density at radius 3 is 2.27 bits per heavy atom. The molecule has 0 aliphatic carbocycles. The maximum absolute atomic E-state index is 12.1. The summed E-state index contributed by atoms with van der Waals surface area (Å²) in [6, 6.07) is 7.57. The number of likely N-dealkylation sites (N-methyl/N-ethyl adjacent to an activating group) is 1. The Labute approximate surface area is 266 Å². The summed E-state index contributed by atoms with van der Waals surface area (Å²) in [5.41, 5.74) is 12.9. The zero-order valence-corrected chi connectivity index (χ0v) is 27.1. The Hall–Kier alpha value is -3.51. The predicted octanol–water partition coefficient (Wildman–Crippen LogP) is 7.14. The molecule has 2 heterocycles. The number of hydrogen-bond donors (Lipinski definition) is 2. The Kier molecular flexibility index (Phi) is 12.1. The van der Waals surface area contributed by atoms with Crippen molar-refractivity contribution in [3.05, 3.63) is 62.6 Å². The molecule has 1 atom stereocenters. The van der Waals surface area contributed by atoms with E-state index in [0.717, 1.165) is 66.0 Å². The standard InChI is InChI=1S/C31H40N2O4S.C2HF3O2/c1-20-21(2)28-26(22(3)25(20)10-8-6-7-9-17-32)15-16-31(4,37-28)19-36-24-13-11-23(12-14-24)18-27-29(34)33(5)30(35)38-27;3-2(4,5)1(6)7/h11-14,18H,6-10,15-17,19,32H2,1-5H3;(H,6,7). The number of carbonyl (C=O) groups is 3. The number of aliphatic carboxylic acids is 1. The van der Waals surface area contributed by atoms with Crippen molar-refractivity contribution in [1.29, 1.82) is 0 Å². The number of imide groups is 1. The van der Waals surface area contributed by atoms with Gasteiger partial charge in [0.1, 0.15) is 23.7 Å². The lowest BCUT2D eigenvalue weighted by atomic mass is 9.84. The average Bonchev–Trinajstić information content (AvgIpc) is 3.23. The monoisotopic (exact) mass is 650 g/mol. The number of nitrogens with two attached hydrogens (primary N) is 1. The van der Waals surface area contributed by atoms with Crippen LogP contribution in [-0.4, -0.2) is 59.1 Å². The summed E-state index contributed by atoms with van der Waals surface area (Å²) in [7, 11) is 1.50. The van der Waals surface area contributed by atoms with Crippen LogP contribution in [0.4, 0.5) is 18.0 Å². The summed E-state index contributed by atoms with van der Waals surface area (Å²) in [5.74, 6) is -1.24. The predicted molar refractivity (Wildman–Crippen MR) is 169 cm³/mol.